The molecule has 0 saturated heterocycles. The number of para-hydroxylation sites is 1. The Balaban J connectivity index is 1.71. The average molecular weight is 493 g/mol. The number of rotatable bonds is 11. The smallest absolute Gasteiger partial charge is 0.264 e. The van der Waals surface area contributed by atoms with Crippen LogP contribution in [0.1, 0.15) is 32.1 Å². The molecule has 0 aromatic heterocycles. The number of amides is 1. The van der Waals surface area contributed by atoms with E-state index in [9.17, 15) is 13.2 Å². The molecule has 0 spiro atoms. The van der Waals surface area contributed by atoms with Gasteiger partial charge in [0.1, 0.15) is 6.54 Å². The molecule has 1 N–H and O–H groups in total. The standard InChI is InChI=1S/C24H32N2O5S2/c1-30-22-14-13-21(17-23(22)31-2)33(28,29)26(19-9-5-3-6-10-19)18-24(27)25-15-16-32-20-11-7-4-8-12-20/h3,5-6,9-10,13-14,17,20H,4,7-8,11-12,15-16,18H2,1-2H3,(H,25,27). The van der Waals surface area contributed by atoms with Gasteiger partial charge in [0.15, 0.2) is 11.5 Å². The van der Waals surface area contributed by atoms with Gasteiger partial charge in [0.25, 0.3) is 10.0 Å². The molecule has 7 nitrogen and oxygen atoms in total. The molecule has 1 aliphatic carbocycles. The number of carbonyl (C=O) groups is 1. The third-order valence-corrected chi connectivity index (χ3v) is 8.76. The number of hydrogen-bond acceptors (Lipinski definition) is 6. The topological polar surface area (TPSA) is 84.9 Å². The summed E-state index contributed by atoms with van der Waals surface area (Å²) in [6.07, 6.45) is 6.36. The van der Waals surface area contributed by atoms with Crippen LogP contribution in [0.4, 0.5) is 5.69 Å². The Labute approximate surface area is 200 Å². The Hall–Kier alpha value is -2.39. The van der Waals surface area contributed by atoms with Crippen molar-refractivity contribution < 1.29 is 22.7 Å². The molecule has 1 fully saturated rings. The third-order valence-electron chi connectivity index (χ3n) is 5.60. The van der Waals surface area contributed by atoms with Gasteiger partial charge in [-0.05, 0) is 37.1 Å². The second-order valence-electron chi connectivity index (χ2n) is 7.84. The highest BCUT2D eigenvalue weighted by atomic mass is 32.2. The molecule has 2 aromatic rings. The number of carbonyl (C=O) groups excluding carboxylic acids is 1. The molecule has 0 aliphatic heterocycles. The number of sulfonamides is 1. The van der Waals surface area contributed by atoms with Crippen molar-refractivity contribution in [2.75, 3.05) is 37.4 Å². The first-order chi connectivity index (χ1) is 16.0. The highest BCUT2D eigenvalue weighted by Crippen LogP contribution is 2.32. The number of nitrogens with one attached hydrogen (secondary N) is 1. The molecule has 0 bridgehead atoms. The Morgan fingerprint density at radius 2 is 1.73 bits per heavy atom. The van der Waals surface area contributed by atoms with E-state index in [1.165, 1.54) is 64.5 Å². The zero-order valence-corrected chi connectivity index (χ0v) is 20.8. The predicted molar refractivity (Wildman–Crippen MR) is 133 cm³/mol. The second-order valence-corrected chi connectivity index (χ2v) is 11.1. The summed E-state index contributed by atoms with van der Waals surface area (Å²) in [5, 5.41) is 3.54. The largest absolute Gasteiger partial charge is 0.493 e. The van der Waals surface area contributed by atoms with Crippen LogP contribution in [0.15, 0.2) is 53.4 Å². The van der Waals surface area contributed by atoms with Crippen molar-refractivity contribution in [2.24, 2.45) is 0 Å². The van der Waals surface area contributed by atoms with Gasteiger partial charge in [-0.1, -0.05) is 37.5 Å². The van der Waals surface area contributed by atoms with Crippen LogP contribution in [0.25, 0.3) is 0 Å². The highest BCUT2D eigenvalue weighted by molar-refractivity contribution is 7.99. The molecule has 9 heteroatoms. The number of benzene rings is 2. The molecule has 2 aromatic carbocycles. The Morgan fingerprint density at radius 1 is 1.03 bits per heavy atom. The van der Waals surface area contributed by atoms with Crippen molar-refractivity contribution in [2.45, 2.75) is 42.2 Å². The first kappa shape index (κ1) is 25.2. The van der Waals surface area contributed by atoms with Gasteiger partial charge in [0.05, 0.1) is 24.8 Å². The van der Waals surface area contributed by atoms with Gasteiger partial charge < -0.3 is 14.8 Å². The van der Waals surface area contributed by atoms with E-state index < -0.39 is 10.0 Å². The molecule has 1 amide bonds. The lowest BCUT2D eigenvalue weighted by Gasteiger charge is -2.24. The van der Waals surface area contributed by atoms with E-state index in [1.54, 1.807) is 30.3 Å². The van der Waals surface area contributed by atoms with E-state index in [4.69, 9.17) is 9.47 Å². The monoisotopic (exact) mass is 492 g/mol. The lowest BCUT2D eigenvalue weighted by atomic mass is 10.0. The Morgan fingerprint density at radius 3 is 2.39 bits per heavy atom. The fraction of sp³-hybridized carbons (Fsp3) is 0.458. The van der Waals surface area contributed by atoms with Gasteiger partial charge in [0, 0.05) is 23.6 Å². The number of hydrogen-bond donors (Lipinski definition) is 1. The van der Waals surface area contributed by atoms with Crippen LogP contribution in [-0.4, -0.2) is 52.6 Å². The lowest BCUT2D eigenvalue weighted by molar-refractivity contribution is -0.119. The number of anilines is 1. The summed E-state index contributed by atoms with van der Waals surface area (Å²) in [6, 6.07) is 13.0. The summed E-state index contributed by atoms with van der Waals surface area (Å²) in [6.45, 7) is 0.202. The first-order valence-corrected chi connectivity index (χ1v) is 13.6. The highest BCUT2D eigenvalue weighted by Gasteiger charge is 2.28. The third kappa shape index (κ3) is 6.80. The van der Waals surface area contributed by atoms with E-state index in [1.807, 2.05) is 11.8 Å². The normalized spacial score (nSPS) is 14.5. The lowest BCUT2D eigenvalue weighted by Crippen LogP contribution is -2.41. The quantitative estimate of drug-likeness (QED) is 0.476. The van der Waals surface area contributed by atoms with Crippen molar-refractivity contribution in [3.05, 3.63) is 48.5 Å². The SMILES string of the molecule is COc1ccc(S(=O)(=O)N(CC(=O)NCCSC2CCCCC2)c2ccccc2)cc1OC. The van der Waals surface area contributed by atoms with Gasteiger partial charge >= 0.3 is 0 Å². The van der Waals surface area contributed by atoms with Crippen molar-refractivity contribution in [1.29, 1.82) is 0 Å². The Kier molecular flexibility index (Phi) is 9.31. The molecule has 3 rings (SSSR count). The summed E-state index contributed by atoms with van der Waals surface area (Å²) in [7, 11) is -1.09. The number of ether oxygens (including phenoxy) is 2. The summed E-state index contributed by atoms with van der Waals surface area (Å²) in [5.41, 5.74) is 0.416. The van der Waals surface area contributed by atoms with Crippen LogP contribution in [0.5, 0.6) is 11.5 Å². The van der Waals surface area contributed by atoms with E-state index in [2.05, 4.69) is 5.32 Å². The van der Waals surface area contributed by atoms with Crippen molar-refractivity contribution in [3.8, 4) is 11.5 Å². The van der Waals surface area contributed by atoms with Gasteiger partial charge in [-0.2, -0.15) is 11.8 Å². The number of thioether (sulfide) groups is 1. The van der Waals surface area contributed by atoms with Crippen molar-refractivity contribution >= 4 is 33.4 Å². The minimum Gasteiger partial charge on any atom is -0.493 e. The number of methoxy groups -OCH3 is 2. The van der Waals surface area contributed by atoms with E-state index in [-0.39, 0.29) is 17.3 Å². The first-order valence-electron chi connectivity index (χ1n) is 11.1. The summed E-state index contributed by atoms with van der Waals surface area (Å²) in [5.74, 6) is 1.21. The van der Waals surface area contributed by atoms with Crippen LogP contribution in [0.3, 0.4) is 0 Å². The minimum atomic E-state index is -4.02. The van der Waals surface area contributed by atoms with E-state index in [0.717, 1.165) is 10.1 Å². The number of nitrogens with zero attached hydrogens (tertiary/aromatic N) is 1. The molecule has 0 unspecified atom stereocenters. The van der Waals surface area contributed by atoms with Crippen LogP contribution < -0.4 is 19.1 Å². The molecule has 0 heterocycles. The summed E-state index contributed by atoms with van der Waals surface area (Å²) < 4.78 is 38.6. The fourth-order valence-corrected chi connectivity index (χ4v) is 6.50. The molecule has 1 aliphatic rings. The van der Waals surface area contributed by atoms with Crippen molar-refractivity contribution in [1.82, 2.24) is 5.32 Å². The molecule has 0 radical (unpaired) electrons. The van der Waals surface area contributed by atoms with Crippen LogP contribution in [-0.2, 0) is 14.8 Å². The van der Waals surface area contributed by atoms with Gasteiger partial charge in [-0.15, -0.1) is 0 Å². The van der Waals surface area contributed by atoms with Crippen LogP contribution >= 0.6 is 11.8 Å². The molecule has 180 valence electrons. The van der Waals surface area contributed by atoms with Crippen LogP contribution in [0.2, 0.25) is 0 Å². The average Bonchev–Trinajstić information content (AvgIpc) is 2.85. The maximum Gasteiger partial charge on any atom is 0.264 e. The fourth-order valence-electron chi connectivity index (χ4n) is 3.85. The van der Waals surface area contributed by atoms with Crippen LogP contribution in [0, 0.1) is 0 Å². The maximum absolute atomic E-state index is 13.5. The molecule has 1 saturated carbocycles. The van der Waals surface area contributed by atoms with Gasteiger partial charge in [-0.25, -0.2) is 8.42 Å². The van der Waals surface area contributed by atoms with E-state index >= 15 is 0 Å². The summed E-state index contributed by atoms with van der Waals surface area (Å²) in [4.78, 5) is 12.7. The predicted octanol–water partition coefficient (Wildman–Crippen LogP) is 4.08. The minimum absolute atomic E-state index is 0.0182. The maximum atomic E-state index is 13.5. The molecule has 33 heavy (non-hydrogen) atoms. The molecule has 0 atom stereocenters. The van der Waals surface area contributed by atoms with Crippen molar-refractivity contribution in [3.63, 3.8) is 0 Å². The molecular formula is C24H32N2O5S2. The second kappa shape index (κ2) is 12.2. The summed E-state index contributed by atoms with van der Waals surface area (Å²) >= 11 is 1.89. The van der Waals surface area contributed by atoms with Gasteiger partial charge in [-0.3, -0.25) is 9.10 Å². The zero-order valence-electron chi connectivity index (χ0n) is 19.2. The van der Waals surface area contributed by atoms with E-state index in [0.29, 0.717) is 29.0 Å². The molecular weight excluding hydrogens is 460 g/mol. The van der Waals surface area contributed by atoms with Gasteiger partial charge in [0.2, 0.25) is 5.91 Å². The zero-order chi connectivity index (χ0) is 23.7. The Bertz CT molecular complexity index is 1010.